The standard InChI is InChI=1S/C13H19NOS/c1-11(16-10-13(15)14-2)8-9-12-6-4-3-5-7-12/h3-7,11H,8-10H2,1-2H3,(H,14,15). The third kappa shape index (κ3) is 5.21. The Morgan fingerprint density at radius 3 is 2.69 bits per heavy atom. The molecule has 0 saturated heterocycles. The Morgan fingerprint density at radius 1 is 1.38 bits per heavy atom. The van der Waals surface area contributed by atoms with Crippen molar-refractivity contribution in [3.05, 3.63) is 35.9 Å². The number of thioether (sulfide) groups is 1. The molecule has 0 aliphatic carbocycles. The van der Waals surface area contributed by atoms with E-state index in [0.717, 1.165) is 12.8 Å². The van der Waals surface area contributed by atoms with Gasteiger partial charge in [-0.2, -0.15) is 0 Å². The summed E-state index contributed by atoms with van der Waals surface area (Å²) >= 11 is 1.72. The number of nitrogens with one attached hydrogen (secondary N) is 1. The van der Waals surface area contributed by atoms with Crippen LogP contribution in [0.5, 0.6) is 0 Å². The highest BCUT2D eigenvalue weighted by Gasteiger charge is 2.05. The van der Waals surface area contributed by atoms with E-state index in [1.807, 2.05) is 6.07 Å². The summed E-state index contributed by atoms with van der Waals surface area (Å²) in [6, 6.07) is 10.5. The van der Waals surface area contributed by atoms with Crippen LogP contribution in [0.25, 0.3) is 0 Å². The molecule has 0 bridgehead atoms. The maximum atomic E-state index is 11.1. The van der Waals surface area contributed by atoms with Crippen LogP contribution in [0.1, 0.15) is 18.9 Å². The number of benzene rings is 1. The summed E-state index contributed by atoms with van der Waals surface area (Å²) in [7, 11) is 1.68. The third-order valence-electron chi connectivity index (χ3n) is 2.46. The fourth-order valence-corrected chi connectivity index (χ4v) is 2.25. The molecule has 2 nitrogen and oxygen atoms in total. The zero-order valence-corrected chi connectivity index (χ0v) is 10.7. The van der Waals surface area contributed by atoms with Crippen LogP contribution < -0.4 is 5.32 Å². The predicted octanol–water partition coefficient (Wildman–Crippen LogP) is 2.49. The van der Waals surface area contributed by atoms with Crippen molar-refractivity contribution in [1.82, 2.24) is 5.32 Å². The molecule has 0 fully saturated rings. The molecule has 16 heavy (non-hydrogen) atoms. The fourth-order valence-electron chi connectivity index (χ4n) is 1.39. The van der Waals surface area contributed by atoms with Gasteiger partial charge in [0.1, 0.15) is 0 Å². The van der Waals surface area contributed by atoms with Crippen LogP contribution >= 0.6 is 11.8 Å². The average Bonchev–Trinajstić information content (AvgIpc) is 2.34. The van der Waals surface area contributed by atoms with Gasteiger partial charge in [0.2, 0.25) is 5.91 Å². The summed E-state index contributed by atoms with van der Waals surface area (Å²) in [6.07, 6.45) is 2.20. The quantitative estimate of drug-likeness (QED) is 0.823. The van der Waals surface area contributed by atoms with E-state index in [4.69, 9.17) is 0 Å². The van der Waals surface area contributed by atoms with Crippen molar-refractivity contribution in [2.24, 2.45) is 0 Å². The van der Waals surface area contributed by atoms with E-state index in [-0.39, 0.29) is 5.91 Å². The van der Waals surface area contributed by atoms with Crippen LogP contribution in [0.4, 0.5) is 0 Å². The van der Waals surface area contributed by atoms with Crippen molar-refractivity contribution >= 4 is 17.7 Å². The summed E-state index contributed by atoms with van der Waals surface area (Å²) in [5.41, 5.74) is 1.37. The van der Waals surface area contributed by atoms with E-state index < -0.39 is 0 Å². The first-order valence-corrected chi connectivity index (χ1v) is 6.63. The topological polar surface area (TPSA) is 29.1 Å². The number of carbonyl (C=O) groups excluding carboxylic acids is 1. The average molecular weight is 237 g/mol. The lowest BCUT2D eigenvalue weighted by atomic mass is 10.1. The lowest BCUT2D eigenvalue weighted by molar-refractivity contribution is -0.118. The Bertz CT molecular complexity index is 313. The number of amides is 1. The molecule has 0 aliphatic rings. The smallest absolute Gasteiger partial charge is 0.229 e. The van der Waals surface area contributed by atoms with Crippen LogP contribution in [0.3, 0.4) is 0 Å². The Balaban J connectivity index is 2.20. The van der Waals surface area contributed by atoms with Crippen molar-refractivity contribution in [3.8, 4) is 0 Å². The first-order chi connectivity index (χ1) is 7.72. The molecule has 3 heteroatoms. The lowest BCUT2D eigenvalue weighted by Gasteiger charge is -2.10. The lowest BCUT2D eigenvalue weighted by Crippen LogP contribution is -2.21. The molecule has 0 saturated carbocycles. The molecular formula is C13H19NOS. The number of hydrogen-bond donors (Lipinski definition) is 1. The molecule has 1 amide bonds. The van der Waals surface area contributed by atoms with E-state index in [1.165, 1.54) is 5.56 Å². The SMILES string of the molecule is CNC(=O)CSC(C)CCc1ccccc1. The molecule has 0 aliphatic heterocycles. The molecule has 0 radical (unpaired) electrons. The van der Waals surface area contributed by atoms with Gasteiger partial charge in [-0.3, -0.25) is 4.79 Å². The second kappa shape index (κ2) is 7.34. The molecule has 0 aromatic heterocycles. The third-order valence-corrected chi connectivity index (χ3v) is 3.69. The number of aryl methyl sites for hydroxylation is 1. The first kappa shape index (κ1) is 13.1. The number of rotatable bonds is 6. The van der Waals surface area contributed by atoms with Gasteiger partial charge in [-0.25, -0.2) is 0 Å². The largest absolute Gasteiger partial charge is 0.358 e. The van der Waals surface area contributed by atoms with Crippen LogP contribution in [-0.2, 0) is 11.2 Å². The summed E-state index contributed by atoms with van der Waals surface area (Å²) in [6.45, 7) is 2.18. The highest BCUT2D eigenvalue weighted by molar-refractivity contribution is 8.00. The van der Waals surface area contributed by atoms with Gasteiger partial charge in [0.15, 0.2) is 0 Å². The van der Waals surface area contributed by atoms with Crippen molar-refractivity contribution in [2.75, 3.05) is 12.8 Å². The molecular weight excluding hydrogens is 218 g/mol. The maximum Gasteiger partial charge on any atom is 0.229 e. The van der Waals surface area contributed by atoms with E-state index in [1.54, 1.807) is 18.8 Å². The Hall–Kier alpha value is -0.960. The first-order valence-electron chi connectivity index (χ1n) is 5.58. The van der Waals surface area contributed by atoms with Crippen LogP contribution in [0.15, 0.2) is 30.3 Å². The van der Waals surface area contributed by atoms with Crippen LogP contribution in [-0.4, -0.2) is 24.0 Å². The van der Waals surface area contributed by atoms with Crippen molar-refractivity contribution in [3.63, 3.8) is 0 Å². The zero-order valence-electron chi connectivity index (χ0n) is 9.90. The molecule has 1 aromatic carbocycles. The van der Waals surface area contributed by atoms with Gasteiger partial charge in [0, 0.05) is 12.3 Å². The Morgan fingerprint density at radius 2 is 2.06 bits per heavy atom. The van der Waals surface area contributed by atoms with Crippen LogP contribution in [0.2, 0.25) is 0 Å². The predicted molar refractivity (Wildman–Crippen MR) is 70.7 cm³/mol. The minimum atomic E-state index is 0.108. The summed E-state index contributed by atoms with van der Waals surface area (Å²) in [4.78, 5) is 11.1. The van der Waals surface area contributed by atoms with E-state index in [2.05, 4.69) is 36.5 Å². The van der Waals surface area contributed by atoms with Crippen LogP contribution in [0, 0.1) is 0 Å². The molecule has 1 atom stereocenters. The van der Waals surface area contributed by atoms with Crippen molar-refractivity contribution in [2.45, 2.75) is 25.0 Å². The monoisotopic (exact) mass is 237 g/mol. The number of hydrogen-bond acceptors (Lipinski definition) is 2. The van der Waals surface area contributed by atoms with Gasteiger partial charge in [-0.05, 0) is 18.4 Å². The highest BCUT2D eigenvalue weighted by Crippen LogP contribution is 2.16. The molecule has 88 valence electrons. The second-order valence-corrected chi connectivity index (χ2v) is 5.25. The number of carbonyl (C=O) groups is 1. The fraction of sp³-hybridized carbons (Fsp3) is 0.462. The van der Waals surface area contributed by atoms with Gasteiger partial charge in [-0.1, -0.05) is 37.3 Å². The molecule has 1 rings (SSSR count). The minimum Gasteiger partial charge on any atom is -0.358 e. The van der Waals surface area contributed by atoms with Gasteiger partial charge >= 0.3 is 0 Å². The maximum absolute atomic E-state index is 11.1. The normalized spacial score (nSPS) is 12.1. The Kier molecular flexibility index (Phi) is 6.01. The molecule has 0 heterocycles. The Labute approximate surface area is 102 Å². The van der Waals surface area contributed by atoms with Crippen molar-refractivity contribution in [1.29, 1.82) is 0 Å². The summed E-state index contributed by atoms with van der Waals surface area (Å²) < 4.78 is 0. The molecule has 1 N–H and O–H groups in total. The highest BCUT2D eigenvalue weighted by atomic mass is 32.2. The zero-order chi connectivity index (χ0) is 11.8. The summed E-state index contributed by atoms with van der Waals surface area (Å²) in [5.74, 6) is 0.670. The van der Waals surface area contributed by atoms with Crippen molar-refractivity contribution < 1.29 is 4.79 Å². The van der Waals surface area contributed by atoms with Gasteiger partial charge in [0.25, 0.3) is 0 Å². The summed E-state index contributed by atoms with van der Waals surface area (Å²) in [5, 5.41) is 3.16. The van der Waals surface area contributed by atoms with E-state index in [9.17, 15) is 4.79 Å². The van der Waals surface area contributed by atoms with E-state index in [0.29, 0.717) is 11.0 Å². The molecule has 1 unspecified atom stereocenters. The minimum absolute atomic E-state index is 0.108. The van der Waals surface area contributed by atoms with Gasteiger partial charge in [0.05, 0.1) is 5.75 Å². The van der Waals surface area contributed by atoms with E-state index >= 15 is 0 Å². The van der Waals surface area contributed by atoms with Gasteiger partial charge in [-0.15, -0.1) is 11.8 Å². The molecule has 1 aromatic rings. The van der Waals surface area contributed by atoms with Gasteiger partial charge < -0.3 is 5.32 Å². The second-order valence-electron chi connectivity index (χ2n) is 3.82. The molecule has 0 spiro atoms.